The third-order valence-electron chi connectivity index (χ3n) is 3.52. The van der Waals surface area contributed by atoms with Crippen LogP contribution in [0.25, 0.3) is 22.3 Å². The quantitative estimate of drug-likeness (QED) is 0.438. The van der Waals surface area contributed by atoms with Crippen molar-refractivity contribution in [1.29, 1.82) is 0 Å². The molecule has 3 aromatic carbocycles. The van der Waals surface area contributed by atoms with Crippen LogP contribution in [0.1, 0.15) is 0 Å². The third kappa shape index (κ3) is 2.67. The largest absolute Gasteiger partial charge is 0.399 e. The highest BCUT2D eigenvalue weighted by Crippen LogP contribution is 2.34. The van der Waals surface area contributed by atoms with E-state index in [0.29, 0.717) is 5.69 Å². The number of rotatable bonds is 3. The van der Waals surface area contributed by atoms with E-state index < -0.39 is 4.92 Å². The minimum Gasteiger partial charge on any atom is -0.399 e. The van der Waals surface area contributed by atoms with Crippen LogP contribution in [0.4, 0.5) is 11.4 Å². The molecule has 22 heavy (non-hydrogen) atoms. The summed E-state index contributed by atoms with van der Waals surface area (Å²) in [5.74, 6) is 0. The van der Waals surface area contributed by atoms with Crippen molar-refractivity contribution in [1.82, 2.24) is 0 Å². The second kappa shape index (κ2) is 5.69. The Labute approximate surface area is 128 Å². The summed E-state index contributed by atoms with van der Waals surface area (Å²) in [6.07, 6.45) is 0. The molecular weight excluding hydrogens is 276 g/mol. The number of nitro benzene ring substituents is 1. The topological polar surface area (TPSA) is 69.2 Å². The fourth-order valence-electron chi connectivity index (χ4n) is 2.43. The van der Waals surface area contributed by atoms with Gasteiger partial charge in [-0.25, -0.2) is 0 Å². The number of hydrogen-bond donors (Lipinski definition) is 1. The molecule has 0 aromatic heterocycles. The van der Waals surface area contributed by atoms with Crippen LogP contribution in [-0.2, 0) is 0 Å². The van der Waals surface area contributed by atoms with E-state index >= 15 is 0 Å². The Hall–Kier alpha value is -3.14. The van der Waals surface area contributed by atoms with E-state index in [1.807, 2.05) is 48.5 Å². The van der Waals surface area contributed by atoms with E-state index in [4.69, 9.17) is 5.73 Å². The van der Waals surface area contributed by atoms with Gasteiger partial charge in [-0.3, -0.25) is 10.1 Å². The first kappa shape index (κ1) is 13.8. The van der Waals surface area contributed by atoms with Gasteiger partial charge < -0.3 is 5.73 Å². The smallest absolute Gasteiger partial charge is 0.269 e. The van der Waals surface area contributed by atoms with Crippen LogP contribution < -0.4 is 5.73 Å². The maximum atomic E-state index is 10.8. The molecular formula is C18H14N2O2. The molecule has 0 saturated heterocycles. The summed E-state index contributed by atoms with van der Waals surface area (Å²) in [5.41, 5.74) is 10.6. The zero-order chi connectivity index (χ0) is 15.5. The average Bonchev–Trinajstić information content (AvgIpc) is 2.55. The first-order chi connectivity index (χ1) is 10.6. The average molecular weight is 290 g/mol. The summed E-state index contributed by atoms with van der Waals surface area (Å²) in [5, 5.41) is 10.8. The van der Waals surface area contributed by atoms with Crippen molar-refractivity contribution >= 4 is 11.4 Å². The van der Waals surface area contributed by atoms with Gasteiger partial charge in [0.15, 0.2) is 0 Å². The molecule has 0 amide bonds. The van der Waals surface area contributed by atoms with Crippen molar-refractivity contribution < 1.29 is 4.92 Å². The molecule has 2 N–H and O–H groups in total. The molecule has 0 bridgehead atoms. The van der Waals surface area contributed by atoms with Gasteiger partial charge in [-0.15, -0.1) is 0 Å². The van der Waals surface area contributed by atoms with E-state index in [2.05, 4.69) is 0 Å². The molecule has 0 saturated carbocycles. The molecule has 0 aliphatic carbocycles. The lowest BCUT2D eigenvalue weighted by Gasteiger charge is -2.11. The molecule has 0 spiro atoms. The lowest BCUT2D eigenvalue weighted by atomic mass is 9.94. The van der Waals surface area contributed by atoms with E-state index in [1.54, 1.807) is 12.1 Å². The summed E-state index contributed by atoms with van der Waals surface area (Å²) >= 11 is 0. The summed E-state index contributed by atoms with van der Waals surface area (Å²) in [7, 11) is 0. The Kier molecular flexibility index (Phi) is 3.58. The Morgan fingerprint density at radius 3 is 2.05 bits per heavy atom. The second-order valence-electron chi connectivity index (χ2n) is 4.98. The van der Waals surface area contributed by atoms with Crippen molar-refractivity contribution in [3.8, 4) is 22.3 Å². The van der Waals surface area contributed by atoms with Gasteiger partial charge in [0.1, 0.15) is 0 Å². The number of nitrogens with two attached hydrogens (primary N) is 1. The number of nitro groups is 1. The standard InChI is InChI=1S/C18H14N2O2/c19-15-8-11-17(13-4-2-1-3-5-13)18(12-15)14-6-9-16(10-7-14)20(21)22/h1-12H,19H2. The number of nitrogens with zero attached hydrogens (tertiary/aromatic N) is 1. The van der Waals surface area contributed by atoms with Gasteiger partial charge in [0, 0.05) is 17.8 Å². The molecule has 0 fully saturated rings. The van der Waals surface area contributed by atoms with Gasteiger partial charge in [-0.05, 0) is 46.5 Å². The predicted molar refractivity (Wildman–Crippen MR) is 88.4 cm³/mol. The highest BCUT2D eigenvalue weighted by atomic mass is 16.6. The number of non-ortho nitro benzene ring substituents is 1. The molecule has 4 nitrogen and oxygen atoms in total. The summed E-state index contributed by atoms with van der Waals surface area (Å²) < 4.78 is 0. The van der Waals surface area contributed by atoms with Crippen molar-refractivity contribution in [2.45, 2.75) is 0 Å². The molecule has 108 valence electrons. The first-order valence-corrected chi connectivity index (χ1v) is 6.85. The SMILES string of the molecule is Nc1ccc(-c2ccccc2)c(-c2ccc([N+](=O)[O-])cc2)c1. The number of nitrogen functional groups attached to an aromatic ring is 1. The van der Waals surface area contributed by atoms with Gasteiger partial charge in [0.05, 0.1) is 4.92 Å². The number of hydrogen-bond acceptors (Lipinski definition) is 3. The van der Waals surface area contributed by atoms with Crippen molar-refractivity contribution in [3.05, 3.63) is 82.9 Å². The van der Waals surface area contributed by atoms with Gasteiger partial charge in [-0.2, -0.15) is 0 Å². The molecule has 0 aliphatic heterocycles. The molecule has 3 aromatic rings. The van der Waals surface area contributed by atoms with Crippen molar-refractivity contribution in [2.75, 3.05) is 5.73 Å². The van der Waals surface area contributed by atoms with Crippen molar-refractivity contribution in [3.63, 3.8) is 0 Å². The summed E-state index contributed by atoms with van der Waals surface area (Å²) in [6, 6.07) is 22.2. The predicted octanol–water partition coefficient (Wildman–Crippen LogP) is 4.51. The molecule has 0 unspecified atom stereocenters. The molecule has 0 heterocycles. The van der Waals surface area contributed by atoms with Crippen LogP contribution in [0.15, 0.2) is 72.8 Å². The Balaban J connectivity index is 2.13. The van der Waals surface area contributed by atoms with Crippen LogP contribution >= 0.6 is 0 Å². The highest BCUT2D eigenvalue weighted by Gasteiger charge is 2.10. The van der Waals surface area contributed by atoms with Gasteiger partial charge in [-0.1, -0.05) is 36.4 Å². The Morgan fingerprint density at radius 1 is 0.773 bits per heavy atom. The monoisotopic (exact) mass is 290 g/mol. The third-order valence-corrected chi connectivity index (χ3v) is 3.52. The number of benzene rings is 3. The van der Waals surface area contributed by atoms with Crippen LogP contribution in [0.2, 0.25) is 0 Å². The van der Waals surface area contributed by atoms with Crippen molar-refractivity contribution in [2.24, 2.45) is 0 Å². The summed E-state index contributed by atoms with van der Waals surface area (Å²) in [4.78, 5) is 10.4. The number of anilines is 1. The maximum Gasteiger partial charge on any atom is 0.269 e. The molecule has 0 radical (unpaired) electrons. The van der Waals surface area contributed by atoms with E-state index in [9.17, 15) is 10.1 Å². The first-order valence-electron chi connectivity index (χ1n) is 6.85. The van der Waals surface area contributed by atoms with Gasteiger partial charge in [0.25, 0.3) is 5.69 Å². The molecule has 0 atom stereocenters. The van der Waals surface area contributed by atoms with E-state index in [-0.39, 0.29) is 5.69 Å². The lowest BCUT2D eigenvalue weighted by Crippen LogP contribution is -1.91. The highest BCUT2D eigenvalue weighted by molar-refractivity contribution is 5.85. The fraction of sp³-hybridized carbons (Fsp3) is 0. The lowest BCUT2D eigenvalue weighted by molar-refractivity contribution is -0.384. The minimum absolute atomic E-state index is 0.0777. The zero-order valence-electron chi connectivity index (χ0n) is 11.8. The Morgan fingerprint density at radius 2 is 1.41 bits per heavy atom. The van der Waals surface area contributed by atoms with Gasteiger partial charge in [0.2, 0.25) is 0 Å². The van der Waals surface area contributed by atoms with E-state index in [1.165, 1.54) is 12.1 Å². The van der Waals surface area contributed by atoms with Crippen LogP contribution in [0, 0.1) is 10.1 Å². The van der Waals surface area contributed by atoms with Crippen LogP contribution in [-0.4, -0.2) is 4.92 Å². The van der Waals surface area contributed by atoms with Gasteiger partial charge >= 0.3 is 0 Å². The fourth-order valence-corrected chi connectivity index (χ4v) is 2.43. The molecule has 3 rings (SSSR count). The van der Waals surface area contributed by atoms with Crippen LogP contribution in [0.5, 0.6) is 0 Å². The minimum atomic E-state index is -0.402. The molecule has 0 aliphatic rings. The second-order valence-corrected chi connectivity index (χ2v) is 4.98. The normalized spacial score (nSPS) is 10.4. The van der Waals surface area contributed by atoms with E-state index in [0.717, 1.165) is 22.3 Å². The van der Waals surface area contributed by atoms with Crippen LogP contribution in [0.3, 0.4) is 0 Å². The Bertz CT molecular complexity index is 812. The molecule has 4 heteroatoms. The zero-order valence-corrected chi connectivity index (χ0v) is 11.8. The maximum absolute atomic E-state index is 10.8. The summed E-state index contributed by atoms with van der Waals surface area (Å²) in [6.45, 7) is 0.